The third kappa shape index (κ3) is 4.50. The van der Waals surface area contributed by atoms with Crippen LogP contribution in [0.2, 0.25) is 0 Å². The van der Waals surface area contributed by atoms with E-state index in [0.717, 1.165) is 24.3 Å². The molecule has 0 N–H and O–H groups in total. The number of ether oxygens (including phenoxy) is 1. The first kappa shape index (κ1) is 20.8. The van der Waals surface area contributed by atoms with E-state index in [1.54, 1.807) is 6.92 Å². The van der Waals surface area contributed by atoms with Crippen LogP contribution in [-0.2, 0) is 4.74 Å². The number of carbonyl (C=O) groups excluding carboxylic acids is 2. The van der Waals surface area contributed by atoms with Crippen molar-refractivity contribution < 1.29 is 14.3 Å². The number of Topliss-reactive ketones (excluding diaryl/α,β-unsaturated/α-hetero) is 1. The van der Waals surface area contributed by atoms with Gasteiger partial charge in [-0.05, 0) is 57.2 Å². The van der Waals surface area contributed by atoms with Crippen molar-refractivity contribution in [1.29, 1.82) is 0 Å². The maximum Gasteiger partial charge on any atom is 0.361 e. The number of nitrogens with zero attached hydrogens (tertiary/aromatic N) is 4. The van der Waals surface area contributed by atoms with Gasteiger partial charge in [-0.2, -0.15) is 0 Å². The van der Waals surface area contributed by atoms with Crippen LogP contribution in [-0.4, -0.2) is 54.0 Å². The minimum absolute atomic E-state index is 0.0621. The smallest absolute Gasteiger partial charge is 0.361 e. The van der Waals surface area contributed by atoms with Crippen LogP contribution in [0.5, 0.6) is 0 Å². The molecular weight excluding hydrogens is 392 g/mol. The second-order valence-electron chi connectivity index (χ2n) is 7.92. The summed E-state index contributed by atoms with van der Waals surface area (Å²) in [7, 11) is 0. The number of rotatable bonds is 5. The van der Waals surface area contributed by atoms with Crippen molar-refractivity contribution in [3.63, 3.8) is 0 Å². The van der Waals surface area contributed by atoms with Crippen molar-refractivity contribution in [3.8, 4) is 0 Å². The number of carbonyl (C=O) groups is 2. The molecule has 1 fully saturated rings. The number of fused-ring (bicyclic) bond motifs is 1. The van der Waals surface area contributed by atoms with Crippen LogP contribution in [0.1, 0.15) is 41.6 Å². The summed E-state index contributed by atoms with van der Waals surface area (Å²) < 4.78 is 5.43. The van der Waals surface area contributed by atoms with Crippen LogP contribution in [0.25, 0.3) is 11.0 Å². The van der Waals surface area contributed by atoms with Crippen LogP contribution < -0.4 is 9.80 Å². The minimum atomic E-state index is -0.453. The predicted octanol–water partition coefficient (Wildman–Crippen LogP) is 3.72. The van der Waals surface area contributed by atoms with Gasteiger partial charge in [-0.15, -0.1) is 0 Å². The fourth-order valence-corrected chi connectivity index (χ4v) is 3.70. The number of esters is 1. The van der Waals surface area contributed by atoms with E-state index in [-0.39, 0.29) is 17.6 Å². The summed E-state index contributed by atoms with van der Waals surface area (Å²) in [6.45, 7) is 8.15. The molecule has 1 aliphatic rings. The SMILES string of the molecule is CC(=O)c1ccc(N2CCN(c3nc4ccccc4nc3C(=O)OC(C)C)CC2)cc1. The van der Waals surface area contributed by atoms with Gasteiger partial charge in [0.1, 0.15) is 0 Å². The summed E-state index contributed by atoms with van der Waals surface area (Å²) in [6, 6.07) is 15.2. The predicted molar refractivity (Wildman–Crippen MR) is 121 cm³/mol. The Hall–Kier alpha value is -3.48. The highest BCUT2D eigenvalue weighted by atomic mass is 16.5. The molecule has 31 heavy (non-hydrogen) atoms. The standard InChI is InChI=1S/C24H26N4O3/c1-16(2)31-24(30)22-23(26-21-7-5-4-6-20(21)25-22)28-14-12-27(13-15-28)19-10-8-18(9-11-19)17(3)29/h4-11,16H,12-15H2,1-3H3. The molecule has 0 unspecified atom stereocenters. The highest BCUT2D eigenvalue weighted by molar-refractivity contribution is 5.96. The molecule has 0 saturated carbocycles. The monoisotopic (exact) mass is 418 g/mol. The first-order valence-electron chi connectivity index (χ1n) is 10.5. The number of hydrogen-bond acceptors (Lipinski definition) is 7. The van der Waals surface area contributed by atoms with Crippen molar-refractivity contribution in [2.24, 2.45) is 0 Å². The van der Waals surface area contributed by atoms with Crippen molar-refractivity contribution in [2.45, 2.75) is 26.9 Å². The molecule has 2 aromatic carbocycles. The summed E-state index contributed by atoms with van der Waals surface area (Å²) in [4.78, 5) is 38.0. The van der Waals surface area contributed by atoms with E-state index in [9.17, 15) is 9.59 Å². The summed E-state index contributed by atoms with van der Waals surface area (Å²) in [6.07, 6.45) is -0.233. The number of ketones is 1. The number of benzene rings is 2. The average Bonchev–Trinajstić information content (AvgIpc) is 2.78. The van der Waals surface area contributed by atoms with Gasteiger partial charge in [0.25, 0.3) is 0 Å². The number of piperazine rings is 1. The Bertz CT molecular complexity index is 1100. The third-order valence-corrected chi connectivity index (χ3v) is 5.31. The van der Waals surface area contributed by atoms with Crippen LogP contribution in [0.3, 0.4) is 0 Å². The van der Waals surface area contributed by atoms with Gasteiger partial charge in [-0.25, -0.2) is 14.8 Å². The summed E-state index contributed by atoms with van der Waals surface area (Å²) >= 11 is 0. The molecule has 0 amide bonds. The van der Waals surface area contributed by atoms with E-state index in [2.05, 4.69) is 14.8 Å². The van der Waals surface area contributed by atoms with Crippen LogP contribution >= 0.6 is 0 Å². The number of hydrogen-bond donors (Lipinski definition) is 0. The fourth-order valence-electron chi connectivity index (χ4n) is 3.70. The molecule has 2 heterocycles. The third-order valence-electron chi connectivity index (χ3n) is 5.31. The maximum absolute atomic E-state index is 12.7. The molecule has 1 aliphatic heterocycles. The molecule has 0 radical (unpaired) electrons. The zero-order valence-corrected chi connectivity index (χ0v) is 18.0. The van der Waals surface area contributed by atoms with Crippen molar-refractivity contribution in [1.82, 2.24) is 9.97 Å². The summed E-state index contributed by atoms with van der Waals surface area (Å²) in [5.74, 6) is 0.175. The van der Waals surface area contributed by atoms with Gasteiger partial charge >= 0.3 is 5.97 Å². The minimum Gasteiger partial charge on any atom is -0.458 e. The van der Waals surface area contributed by atoms with Gasteiger partial charge in [0, 0.05) is 37.4 Å². The zero-order chi connectivity index (χ0) is 22.0. The molecule has 4 rings (SSSR count). The van der Waals surface area contributed by atoms with Crippen LogP contribution in [0.4, 0.5) is 11.5 Å². The largest absolute Gasteiger partial charge is 0.458 e. The quantitative estimate of drug-likeness (QED) is 0.462. The molecule has 1 aromatic heterocycles. The van der Waals surface area contributed by atoms with Crippen molar-refractivity contribution >= 4 is 34.3 Å². The fraction of sp³-hybridized carbons (Fsp3) is 0.333. The number of anilines is 2. The molecule has 7 heteroatoms. The van der Waals surface area contributed by atoms with E-state index >= 15 is 0 Å². The van der Waals surface area contributed by atoms with Gasteiger partial charge in [-0.3, -0.25) is 4.79 Å². The Kier molecular flexibility index (Phi) is 5.84. The Morgan fingerprint density at radius 1 is 0.871 bits per heavy atom. The molecule has 0 bridgehead atoms. The number of para-hydroxylation sites is 2. The lowest BCUT2D eigenvalue weighted by Gasteiger charge is -2.37. The molecule has 160 valence electrons. The Morgan fingerprint density at radius 3 is 2.03 bits per heavy atom. The second-order valence-corrected chi connectivity index (χ2v) is 7.92. The molecule has 1 saturated heterocycles. The maximum atomic E-state index is 12.7. The molecular formula is C24H26N4O3. The lowest BCUT2D eigenvalue weighted by Crippen LogP contribution is -2.47. The Balaban J connectivity index is 1.57. The normalized spacial score (nSPS) is 14.2. The van der Waals surface area contributed by atoms with Gasteiger partial charge in [0.15, 0.2) is 17.3 Å². The highest BCUT2D eigenvalue weighted by Gasteiger charge is 2.26. The zero-order valence-electron chi connectivity index (χ0n) is 18.0. The molecule has 0 aliphatic carbocycles. The Labute approximate surface area is 181 Å². The van der Waals surface area contributed by atoms with E-state index in [4.69, 9.17) is 9.72 Å². The van der Waals surface area contributed by atoms with Crippen LogP contribution in [0, 0.1) is 0 Å². The van der Waals surface area contributed by atoms with Crippen LogP contribution in [0.15, 0.2) is 48.5 Å². The van der Waals surface area contributed by atoms with Gasteiger partial charge in [0.2, 0.25) is 0 Å². The molecule has 0 atom stereocenters. The lowest BCUT2D eigenvalue weighted by atomic mass is 10.1. The molecule has 0 spiro atoms. The summed E-state index contributed by atoms with van der Waals surface area (Å²) in [5, 5.41) is 0. The average molecular weight is 418 g/mol. The Morgan fingerprint density at radius 2 is 1.45 bits per heavy atom. The van der Waals surface area contributed by atoms with Gasteiger partial charge in [0.05, 0.1) is 17.1 Å². The van der Waals surface area contributed by atoms with E-state index in [1.807, 2.05) is 62.4 Å². The van der Waals surface area contributed by atoms with Crippen molar-refractivity contribution in [3.05, 3.63) is 59.8 Å². The summed E-state index contributed by atoms with van der Waals surface area (Å²) in [5.41, 5.74) is 3.47. The molecule has 3 aromatic rings. The van der Waals surface area contributed by atoms with E-state index < -0.39 is 5.97 Å². The van der Waals surface area contributed by atoms with Gasteiger partial charge in [-0.1, -0.05) is 12.1 Å². The van der Waals surface area contributed by atoms with E-state index in [1.165, 1.54) is 0 Å². The van der Waals surface area contributed by atoms with Gasteiger partial charge < -0.3 is 14.5 Å². The molecule has 7 nitrogen and oxygen atoms in total. The highest BCUT2D eigenvalue weighted by Crippen LogP contribution is 2.25. The second kappa shape index (κ2) is 8.71. The lowest BCUT2D eigenvalue weighted by molar-refractivity contribution is 0.0371. The number of aromatic nitrogens is 2. The topological polar surface area (TPSA) is 75.6 Å². The first-order chi connectivity index (χ1) is 14.9. The van der Waals surface area contributed by atoms with E-state index in [0.29, 0.717) is 30.0 Å². The first-order valence-corrected chi connectivity index (χ1v) is 10.5. The van der Waals surface area contributed by atoms with Crippen molar-refractivity contribution in [2.75, 3.05) is 36.0 Å².